The zero-order valence-electron chi connectivity index (χ0n) is 16.3. The minimum Gasteiger partial charge on any atom is -0.497 e. The molecule has 0 radical (unpaired) electrons. The lowest BCUT2D eigenvalue weighted by Gasteiger charge is -2.20. The molecule has 0 aliphatic heterocycles. The van der Waals surface area contributed by atoms with Crippen LogP contribution in [0.2, 0.25) is 0 Å². The normalized spacial score (nSPS) is 12.8. The molecule has 0 heterocycles. The van der Waals surface area contributed by atoms with Crippen LogP contribution >= 0.6 is 0 Å². The predicted molar refractivity (Wildman–Crippen MR) is 107 cm³/mol. The molecule has 7 heteroatoms. The second-order valence-electron chi connectivity index (χ2n) is 6.79. The highest BCUT2D eigenvalue weighted by Crippen LogP contribution is 2.25. The van der Waals surface area contributed by atoms with E-state index in [-0.39, 0.29) is 18.0 Å². The first kappa shape index (κ1) is 19.5. The molecule has 148 valence electrons. The summed E-state index contributed by atoms with van der Waals surface area (Å²) in [4.78, 5) is 26.3. The molecular weight excluding hydrogens is 358 g/mol. The molecule has 28 heavy (non-hydrogen) atoms. The van der Waals surface area contributed by atoms with E-state index in [1.807, 2.05) is 12.1 Å². The highest BCUT2D eigenvalue weighted by atomic mass is 16.5. The van der Waals surface area contributed by atoms with E-state index in [4.69, 9.17) is 9.47 Å². The number of benzene rings is 2. The summed E-state index contributed by atoms with van der Waals surface area (Å²) >= 11 is 0. The number of carbonyl (C=O) groups is 2. The van der Waals surface area contributed by atoms with Gasteiger partial charge in [-0.15, -0.1) is 0 Å². The lowest BCUT2D eigenvalue weighted by molar-refractivity contribution is 0.0951. The second-order valence-corrected chi connectivity index (χ2v) is 6.79. The molecule has 0 spiro atoms. The molecule has 0 saturated heterocycles. The van der Waals surface area contributed by atoms with Gasteiger partial charge in [-0.25, -0.2) is 4.79 Å². The average Bonchev–Trinajstić information content (AvgIpc) is 3.52. The third-order valence-electron chi connectivity index (χ3n) is 4.54. The summed E-state index contributed by atoms with van der Waals surface area (Å²) in [6.07, 6.45) is 2.06. The number of nitrogens with one attached hydrogen (secondary N) is 2. The van der Waals surface area contributed by atoms with Crippen molar-refractivity contribution in [3.8, 4) is 11.5 Å². The van der Waals surface area contributed by atoms with Crippen LogP contribution < -0.4 is 20.1 Å². The van der Waals surface area contributed by atoms with Gasteiger partial charge in [-0.05, 0) is 43.2 Å². The summed E-state index contributed by atoms with van der Waals surface area (Å²) in [6.45, 7) is 0.362. The fraction of sp³-hybridized carbons (Fsp3) is 0.333. The maximum absolute atomic E-state index is 12.6. The quantitative estimate of drug-likeness (QED) is 0.769. The molecule has 1 aliphatic rings. The molecule has 0 aromatic heterocycles. The summed E-state index contributed by atoms with van der Waals surface area (Å²) in [5.74, 6) is 1.22. The molecular formula is C21H25N3O4. The van der Waals surface area contributed by atoms with E-state index in [1.165, 1.54) is 0 Å². The lowest BCUT2D eigenvalue weighted by Crippen LogP contribution is -2.31. The second kappa shape index (κ2) is 8.65. The summed E-state index contributed by atoms with van der Waals surface area (Å²) in [6, 6.07) is 12.4. The number of nitrogens with zero attached hydrogens (tertiary/aromatic N) is 1. The molecule has 1 saturated carbocycles. The van der Waals surface area contributed by atoms with Gasteiger partial charge in [-0.3, -0.25) is 4.79 Å². The number of hydrogen-bond acceptors (Lipinski definition) is 4. The van der Waals surface area contributed by atoms with E-state index >= 15 is 0 Å². The van der Waals surface area contributed by atoms with Crippen LogP contribution in [0.4, 0.5) is 10.5 Å². The molecule has 0 atom stereocenters. The molecule has 2 aromatic carbocycles. The number of urea groups is 1. The van der Waals surface area contributed by atoms with Gasteiger partial charge in [0, 0.05) is 36.0 Å². The van der Waals surface area contributed by atoms with E-state index in [0.717, 1.165) is 18.4 Å². The number of anilines is 1. The van der Waals surface area contributed by atoms with Gasteiger partial charge in [0.15, 0.2) is 0 Å². The van der Waals surface area contributed by atoms with Crippen LogP contribution in [0.15, 0.2) is 42.5 Å². The van der Waals surface area contributed by atoms with Crippen molar-refractivity contribution in [1.82, 2.24) is 10.2 Å². The maximum Gasteiger partial charge on any atom is 0.321 e. The molecule has 2 N–H and O–H groups in total. The van der Waals surface area contributed by atoms with Gasteiger partial charge in [0.05, 0.1) is 20.8 Å². The van der Waals surface area contributed by atoms with Gasteiger partial charge in [0.25, 0.3) is 5.91 Å². The number of hydrogen-bond donors (Lipinski definition) is 2. The van der Waals surface area contributed by atoms with Crippen molar-refractivity contribution < 1.29 is 19.1 Å². The molecule has 0 bridgehead atoms. The predicted octanol–water partition coefficient (Wildman–Crippen LogP) is 3.26. The molecule has 7 nitrogen and oxygen atoms in total. The lowest BCUT2D eigenvalue weighted by atomic mass is 10.1. The fourth-order valence-electron chi connectivity index (χ4n) is 2.76. The van der Waals surface area contributed by atoms with Crippen molar-refractivity contribution in [2.24, 2.45) is 0 Å². The Labute approximate surface area is 164 Å². The molecule has 3 rings (SSSR count). The van der Waals surface area contributed by atoms with Gasteiger partial charge in [-0.1, -0.05) is 6.07 Å². The minimum atomic E-state index is -0.280. The van der Waals surface area contributed by atoms with Crippen molar-refractivity contribution >= 4 is 17.6 Å². The van der Waals surface area contributed by atoms with Crippen molar-refractivity contribution in [1.29, 1.82) is 0 Å². The number of rotatable bonds is 7. The molecule has 0 unspecified atom stereocenters. The van der Waals surface area contributed by atoms with Crippen LogP contribution in [0.25, 0.3) is 0 Å². The van der Waals surface area contributed by atoms with Gasteiger partial charge >= 0.3 is 6.03 Å². The Morgan fingerprint density at radius 2 is 1.89 bits per heavy atom. The highest BCUT2D eigenvalue weighted by Gasteiger charge is 2.24. The Kier molecular flexibility index (Phi) is 6.03. The maximum atomic E-state index is 12.6. The monoisotopic (exact) mass is 383 g/mol. The summed E-state index contributed by atoms with van der Waals surface area (Å²) in [5.41, 5.74) is 1.96. The first-order valence-corrected chi connectivity index (χ1v) is 9.14. The smallest absolute Gasteiger partial charge is 0.321 e. The van der Waals surface area contributed by atoms with Gasteiger partial charge in [0.2, 0.25) is 0 Å². The summed E-state index contributed by atoms with van der Waals surface area (Å²) < 4.78 is 10.6. The Bertz CT molecular complexity index is 864. The van der Waals surface area contributed by atoms with E-state index in [0.29, 0.717) is 29.3 Å². The topological polar surface area (TPSA) is 79.9 Å². The Balaban J connectivity index is 1.63. The van der Waals surface area contributed by atoms with Gasteiger partial charge in [0.1, 0.15) is 11.5 Å². The van der Waals surface area contributed by atoms with Crippen LogP contribution in [-0.4, -0.2) is 44.1 Å². The van der Waals surface area contributed by atoms with E-state index < -0.39 is 0 Å². The first-order chi connectivity index (χ1) is 13.5. The molecule has 1 fully saturated rings. The van der Waals surface area contributed by atoms with E-state index in [9.17, 15) is 9.59 Å². The van der Waals surface area contributed by atoms with Crippen molar-refractivity contribution in [2.45, 2.75) is 25.4 Å². The number of ether oxygens (including phenoxy) is 2. The largest absolute Gasteiger partial charge is 0.497 e. The zero-order chi connectivity index (χ0) is 20.1. The molecule has 2 aromatic rings. The van der Waals surface area contributed by atoms with Crippen LogP contribution in [0.5, 0.6) is 11.5 Å². The van der Waals surface area contributed by atoms with Gasteiger partial charge < -0.3 is 25.0 Å². The third kappa shape index (κ3) is 4.94. The zero-order valence-corrected chi connectivity index (χ0v) is 16.3. The van der Waals surface area contributed by atoms with E-state index in [2.05, 4.69) is 10.6 Å². The van der Waals surface area contributed by atoms with Crippen LogP contribution in [0.3, 0.4) is 0 Å². The van der Waals surface area contributed by atoms with Crippen molar-refractivity contribution in [3.63, 3.8) is 0 Å². The summed E-state index contributed by atoms with van der Waals surface area (Å²) in [7, 11) is 4.87. The van der Waals surface area contributed by atoms with Gasteiger partial charge in [-0.2, -0.15) is 0 Å². The fourth-order valence-corrected chi connectivity index (χ4v) is 2.76. The number of carbonyl (C=O) groups excluding carboxylic acids is 2. The standard InChI is InChI=1S/C21H25N3O4/c1-24(13-15-7-10-18(27-2)12-19(15)28-3)21(26)23-17-6-4-5-14(11-17)20(25)22-16-8-9-16/h4-7,10-12,16H,8-9,13H2,1-3H3,(H,22,25)(H,23,26). The summed E-state index contributed by atoms with van der Waals surface area (Å²) in [5, 5.41) is 5.77. The SMILES string of the molecule is COc1ccc(CN(C)C(=O)Nc2cccc(C(=O)NC3CC3)c2)c(OC)c1. The minimum absolute atomic E-state index is 0.116. The van der Waals surface area contributed by atoms with Crippen LogP contribution in [0, 0.1) is 0 Å². The average molecular weight is 383 g/mol. The Hall–Kier alpha value is -3.22. The first-order valence-electron chi connectivity index (χ1n) is 9.14. The van der Waals surface area contributed by atoms with Crippen molar-refractivity contribution in [2.75, 3.05) is 26.6 Å². The van der Waals surface area contributed by atoms with Crippen LogP contribution in [-0.2, 0) is 6.54 Å². The Morgan fingerprint density at radius 3 is 2.57 bits per heavy atom. The van der Waals surface area contributed by atoms with Crippen molar-refractivity contribution in [3.05, 3.63) is 53.6 Å². The number of methoxy groups -OCH3 is 2. The van der Waals surface area contributed by atoms with Crippen LogP contribution in [0.1, 0.15) is 28.8 Å². The molecule has 3 amide bonds. The van der Waals surface area contributed by atoms with E-state index in [1.54, 1.807) is 56.5 Å². The Morgan fingerprint density at radius 1 is 1.11 bits per heavy atom. The molecule has 1 aliphatic carbocycles. The third-order valence-corrected chi connectivity index (χ3v) is 4.54. The number of amides is 3. The highest BCUT2D eigenvalue weighted by molar-refractivity contribution is 5.97.